The number of amides is 2. The number of carbonyl (C=O) groups is 2. The Bertz CT molecular complexity index is 445. The summed E-state index contributed by atoms with van der Waals surface area (Å²) in [7, 11) is 0. The Morgan fingerprint density at radius 2 is 2.11 bits per heavy atom. The Balaban J connectivity index is 2.90. The van der Waals surface area contributed by atoms with Crippen LogP contribution in [0.2, 0.25) is 0 Å². The highest BCUT2D eigenvalue weighted by molar-refractivity contribution is 7.18. The minimum atomic E-state index is -0.555. The van der Waals surface area contributed by atoms with Crippen LogP contribution in [0, 0.1) is 0 Å². The summed E-state index contributed by atoms with van der Waals surface area (Å²) in [4.78, 5) is 28.7. The second-order valence-electron chi connectivity index (χ2n) is 3.55. The Morgan fingerprint density at radius 3 is 2.61 bits per heavy atom. The van der Waals surface area contributed by atoms with Gasteiger partial charge in [0.2, 0.25) is 5.91 Å². The summed E-state index contributed by atoms with van der Waals surface area (Å²) in [6.07, 6.45) is 0. The molecule has 7 nitrogen and oxygen atoms in total. The van der Waals surface area contributed by atoms with Gasteiger partial charge in [0, 0.05) is 13.1 Å². The van der Waals surface area contributed by atoms with Crippen LogP contribution in [0.1, 0.15) is 23.5 Å². The Kier molecular flexibility index (Phi) is 4.90. The molecule has 0 unspecified atom stereocenters. The van der Waals surface area contributed by atoms with Crippen LogP contribution in [0.3, 0.4) is 0 Å². The second-order valence-corrected chi connectivity index (χ2v) is 4.55. The van der Waals surface area contributed by atoms with Crippen molar-refractivity contribution in [3.63, 3.8) is 0 Å². The molecule has 0 fully saturated rings. The molecule has 0 saturated heterocycles. The van der Waals surface area contributed by atoms with E-state index in [1.54, 1.807) is 6.92 Å². The van der Waals surface area contributed by atoms with Crippen molar-refractivity contribution in [1.29, 1.82) is 0 Å². The van der Waals surface area contributed by atoms with Crippen molar-refractivity contribution in [3.8, 4) is 0 Å². The molecule has 1 heterocycles. The lowest BCUT2D eigenvalue weighted by Crippen LogP contribution is -2.38. The maximum atomic E-state index is 12.1. The van der Waals surface area contributed by atoms with Gasteiger partial charge < -0.3 is 21.7 Å². The smallest absolute Gasteiger partial charge is 0.268 e. The number of nitrogens with zero attached hydrogens (tertiary/aromatic N) is 2. The molecule has 8 heteroatoms. The number of thiazole rings is 1. The van der Waals surface area contributed by atoms with Gasteiger partial charge in [-0.3, -0.25) is 9.59 Å². The molecule has 5 N–H and O–H groups in total. The van der Waals surface area contributed by atoms with E-state index in [2.05, 4.69) is 10.3 Å². The molecule has 100 valence electrons. The van der Waals surface area contributed by atoms with Gasteiger partial charge in [0.05, 0.1) is 6.54 Å². The van der Waals surface area contributed by atoms with E-state index in [1.165, 1.54) is 16.2 Å². The van der Waals surface area contributed by atoms with Crippen LogP contribution in [0.15, 0.2) is 0 Å². The van der Waals surface area contributed by atoms with Crippen molar-refractivity contribution in [3.05, 3.63) is 4.88 Å². The van der Waals surface area contributed by atoms with Gasteiger partial charge in [0.1, 0.15) is 10.7 Å². The number of aromatic nitrogens is 1. The molecule has 0 radical (unpaired) electrons. The lowest BCUT2D eigenvalue weighted by Gasteiger charge is -2.17. The molecular weight excluding hydrogens is 254 g/mol. The van der Waals surface area contributed by atoms with Gasteiger partial charge in [-0.25, -0.2) is 4.98 Å². The fraction of sp³-hybridized carbons (Fsp3) is 0.500. The first-order valence-corrected chi connectivity index (χ1v) is 6.38. The van der Waals surface area contributed by atoms with E-state index in [0.717, 1.165) is 0 Å². The summed E-state index contributed by atoms with van der Waals surface area (Å²) >= 11 is 1.17. The van der Waals surface area contributed by atoms with Crippen LogP contribution in [-0.2, 0) is 4.79 Å². The summed E-state index contributed by atoms with van der Waals surface area (Å²) in [5.41, 5.74) is 10.8. The average molecular weight is 271 g/mol. The van der Waals surface area contributed by atoms with E-state index in [1.807, 2.05) is 6.92 Å². The number of hydrogen-bond donors (Lipinski definition) is 3. The number of anilines is 2. The highest BCUT2D eigenvalue weighted by Crippen LogP contribution is 2.26. The molecule has 1 aromatic heterocycles. The third-order valence-corrected chi connectivity index (χ3v) is 3.21. The predicted octanol–water partition coefficient (Wildman–Crippen LogP) is 0.104. The maximum absolute atomic E-state index is 12.1. The summed E-state index contributed by atoms with van der Waals surface area (Å²) in [6.45, 7) is 4.64. The quantitative estimate of drug-likeness (QED) is 0.679. The standard InChI is InChI=1S/C10H17N5O2S/c1-3-13-10-14-8(12)7(18-10)9(17)15(4-2)5-6(11)16/h3-5,12H2,1-2H3,(H2,11,16)(H,13,14). The Morgan fingerprint density at radius 1 is 1.44 bits per heavy atom. The number of nitrogens with two attached hydrogens (primary N) is 2. The summed E-state index contributed by atoms with van der Waals surface area (Å²) in [5.74, 6) is -0.709. The van der Waals surface area contributed by atoms with Crippen LogP contribution >= 0.6 is 11.3 Å². The molecular formula is C10H17N5O2S. The molecule has 0 saturated carbocycles. The van der Waals surface area contributed by atoms with Crippen LogP contribution in [-0.4, -0.2) is 41.3 Å². The monoisotopic (exact) mass is 271 g/mol. The maximum Gasteiger partial charge on any atom is 0.268 e. The number of nitrogens with one attached hydrogen (secondary N) is 1. The molecule has 0 spiro atoms. The van der Waals surface area contributed by atoms with E-state index in [0.29, 0.717) is 23.1 Å². The molecule has 18 heavy (non-hydrogen) atoms. The summed E-state index contributed by atoms with van der Waals surface area (Å²) < 4.78 is 0. The molecule has 0 aliphatic carbocycles. The van der Waals surface area contributed by atoms with Crippen LogP contribution in [0.4, 0.5) is 10.9 Å². The fourth-order valence-electron chi connectivity index (χ4n) is 1.37. The summed E-state index contributed by atoms with van der Waals surface area (Å²) in [5, 5.41) is 3.58. The van der Waals surface area contributed by atoms with Crippen molar-refractivity contribution in [2.45, 2.75) is 13.8 Å². The van der Waals surface area contributed by atoms with Crippen LogP contribution in [0.25, 0.3) is 0 Å². The number of nitrogen functional groups attached to an aromatic ring is 1. The van der Waals surface area contributed by atoms with Gasteiger partial charge in [-0.15, -0.1) is 0 Å². The van der Waals surface area contributed by atoms with E-state index < -0.39 is 5.91 Å². The van der Waals surface area contributed by atoms with Crippen molar-refractivity contribution < 1.29 is 9.59 Å². The van der Waals surface area contributed by atoms with E-state index in [9.17, 15) is 9.59 Å². The van der Waals surface area contributed by atoms with Crippen molar-refractivity contribution in [2.24, 2.45) is 5.73 Å². The van der Waals surface area contributed by atoms with E-state index in [-0.39, 0.29) is 18.3 Å². The molecule has 1 rings (SSSR count). The second kappa shape index (κ2) is 6.20. The van der Waals surface area contributed by atoms with E-state index in [4.69, 9.17) is 11.5 Å². The van der Waals surface area contributed by atoms with Gasteiger partial charge in [-0.05, 0) is 13.8 Å². The van der Waals surface area contributed by atoms with Gasteiger partial charge in [0.15, 0.2) is 5.13 Å². The highest BCUT2D eigenvalue weighted by Gasteiger charge is 2.22. The molecule has 0 bridgehead atoms. The van der Waals surface area contributed by atoms with Crippen LogP contribution < -0.4 is 16.8 Å². The topological polar surface area (TPSA) is 114 Å². The zero-order chi connectivity index (χ0) is 13.7. The normalized spacial score (nSPS) is 10.1. The average Bonchev–Trinajstić information content (AvgIpc) is 2.66. The molecule has 0 atom stereocenters. The number of carbonyl (C=O) groups excluding carboxylic acids is 2. The molecule has 0 aromatic carbocycles. The first kappa shape index (κ1) is 14.2. The van der Waals surface area contributed by atoms with E-state index >= 15 is 0 Å². The van der Waals surface area contributed by atoms with Gasteiger partial charge in [-0.2, -0.15) is 0 Å². The number of rotatable bonds is 6. The SMILES string of the molecule is CCNc1nc(N)c(C(=O)N(CC)CC(N)=O)s1. The predicted molar refractivity (Wildman–Crippen MR) is 71.5 cm³/mol. The minimum Gasteiger partial charge on any atom is -0.382 e. The fourth-order valence-corrected chi connectivity index (χ4v) is 2.29. The first-order valence-electron chi connectivity index (χ1n) is 5.57. The molecule has 0 aliphatic rings. The van der Waals surface area contributed by atoms with Crippen molar-refractivity contribution in [2.75, 3.05) is 30.7 Å². The Labute approximate surface area is 109 Å². The summed E-state index contributed by atoms with van der Waals surface area (Å²) in [6, 6.07) is 0. The Hall–Kier alpha value is -1.83. The lowest BCUT2D eigenvalue weighted by molar-refractivity contribution is -0.118. The zero-order valence-electron chi connectivity index (χ0n) is 10.4. The number of likely N-dealkylation sites (N-methyl/N-ethyl adjacent to an activating group) is 1. The van der Waals surface area contributed by atoms with Crippen LogP contribution in [0.5, 0.6) is 0 Å². The lowest BCUT2D eigenvalue weighted by atomic mass is 10.4. The first-order chi connectivity index (χ1) is 8.49. The van der Waals surface area contributed by atoms with Gasteiger partial charge >= 0.3 is 0 Å². The van der Waals surface area contributed by atoms with Crippen molar-refractivity contribution >= 4 is 34.1 Å². The highest BCUT2D eigenvalue weighted by atomic mass is 32.1. The minimum absolute atomic E-state index is 0.122. The molecule has 0 aliphatic heterocycles. The van der Waals surface area contributed by atoms with Crippen molar-refractivity contribution in [1.82, 2.24) is 9.88 Å². The largest absolute Gasteiger partial charge is 0.382 e. The number of hydrogen-bond acceptors (Lipinski definition) is 6. The molecule has 1 aromatic rings. The zero-order valence-corrected chi connectivity index (χ0v) is 11.2. The third kappa shape index (κ3) is 3.33. The third-order valence-electron chi connectivity index (χ3n) is 2.19. The molecule has 2 amide bonds. The number of primary amides is 1. The van der Waals surface area contributed by atoms with Gasteiger partial charge in [0.25, 0.3) is 5.91 Å². The van der Waals surface area contributed by atoms with Gasteiger partial charge in [-0.1, -0.05) is 11.3 Å².